The Labute approximate surface area is 183 Å². The van der Waals surface area contributed by atoms with E-state index in [0.29, 0.717) is 37.2 Å². The van der Waals surface area contributed by atoms with Gasteiger partial charge >= 0.3 is 6.18 Å². The second kappa shape index (κ2) is 9.74. The molecule has 168 valence electrons. The van der Waals surface area contributed by atoms with Gasteiger partial charge in [-0.25, -0.2) is 4.98 Å². The number of carbonyl (C=O) groups excluding carboxylic acids is 1. The number of rotatable bonds is 6. The maximum atomic E-state index is 12.8. The maximum absolute atomic E-state index is 12.8. The fourth-order valence-electron chi connectivity index (χ4n) is 3.46. The summed E-state index contributed by atoms with van der Waals surface area (Å²) in [7, 11) is 1.55. The molecule has 1 aromatic carbocycles. The van der Waals surface area contributed by atoms with Gasteiger partial charge in [-0.3, -0.25) is 4.79 Å². The summed E-state index contributed by atoms with van der Waals surface area (Å²) >= 11 is 6.01. The molecule has 1 aliphatic rings. The van der Waals surface area contributed by atoms with Gasteiger partial charge in [-0.15, -0.1) is 0 Å². The van der Waals surface area contributed by atoms with E-state index in [1.54, 1.807) is 36.3 Å². The molecular formula is C21H23ClF3N3O3. The SMILES string of the molecule is COc1ccc(C(O)CNC(=O)C2CCN(c3ncc(C(F)(F)F)cc3Cl)CC2)cc1. The molecule has 1 fully saturated rings. The number of pyridine rings is 1. The zero-order chi connectivity index (χ0) is 22.6. The Kier molecular flexibility index (Phi) is 7.27. The van der Waals surface area contributed by atoms with Crippen LogP contribution in [0.3, 0.4) is 0 Å². The highest BCUT2D eigenvalue weighted by Gasteiger charge is 2.33. The van der Waals surface area contributed by atoms with Crippen LogP contribution in [0.5, 0.6) is 5.75 Å². The van der Waals surface area contributed by atoms with Crippen molar-refractivity contribution in [3.05, 3.63) is 52.7 Å². The van der Waals surface area contributed by atoms with Crippen LogP contribution in [-0.4, -0.2) is 42.7 Å². The number of alkyl halides is 3. The molecule has 1 unspecified atom stereocenters. The molecule has 2 N–H and O–H groups in total. The fraction of sp³-hybridized carbons (Fsp3) is 0.429. The summed E-state index contributed by atoms with van der Waals surface area (Å²) in [6, 6.07) is 7.79. The van der Waals surface area contributed by atoms with Crippen molar-refractivity contribution in [2.24, 2.45) is 5.92 Å². The first-order valence-corrected chi connectivity index (χ1v) is 10.1. The van der Waals surface area contributed by atoms with E-state index >= 15 is 0 Å². The molecule has 6 nitrogen and oxygen atoms in total. The molecular weight excluding hydrogens is 435 g/mol. The quantitative estimate of drug-likeness (QED) is 0.689. The van der Waals surface area contributed by atoms with Crippen LogP contribution in [-0.2, 0) is 11.0 Å². The van der Waals surface area contributed by atoms with Crippen molar-refractivity contribution >= 4 is 23.3 Å². The van der Waals surface area contributed by atoms with Crippen LogP contribution in [0.25, 0.3) is 0 Å². The lowest BCUT2D eigenvalue weighted by Crippen LogP contribution is -2.42. The highest BCUT2D eigenvalue weighted by atomic mass is 35.5. The Morgan fingerprint density at radius 3 is 2.52 bits per heavy atom. The Bertz CT molecular complexity index is 901. The van der Waals surface area contributed by atoms with Gasteiger partial charge in [-0.1, -0.05) is 23.7 Å². The molecule has 10 heteroatoms. The van der Waals surface area contributed by atoms with Gasteiger partial charge in [-0.05, 0) is 36.6 Å². The van der Waals surface area contributed by atoms with Crippen molar-refractivity contribution in [3.63, 3.8) is 0 Å². The van der Waals surface area contributed by atoms with Crippen LogP contribution in [0.4, 0.5) is 19.0 Å². The van der Waals surface area contributed by atoms with E-state index in [2.05, 4.69) is 10.3 Å². The number of piperidine rings is 1. The van der Waals surface area contributed by atoms with Gasteiger partial charge in [0.1, 0.15) is 11.6 Å². The normalized spacial score (nSPS) is 16.1. The molecule has 0 radical (unpaired) electrons. The predicted molar refractivity (Wildman–Crippen MR) is 110 cm³/mol. The van der Waals surface area contributed by atoms with E-state index in [9.17, 15) is 23.1 Å². The van der Waals surface area contributed by atoms with Crippen molar-refractivity contribution in [2.45, 2.75) is 25.1 Å². The van der Waals surface area contributed by atoms with Crippen LogP contribution in [0.15, 0.2) is 36.5 Å². The lowest BCUT2D eigenvalue weighted by atomic mass is 9.95. The molecule has 0 aliphatic carbocycles. The number of aliphatic hydroxyl groups excluding tert-OH is 1. The fourth-order valence-corrected chi connectivity index (χ4v) is 3.74. The minimum absolute atomic E-state index is 0.0691. The first-order chi connectivity index (χ1) is 14.7. The Morgan fingerprint density at radius 2 is 1.97 bits per heavy atom. The molecule has 1 saturated heterocycles. The third-order valence-corrected chi connectivity index (χ3v) is 5.56. The molecule has 1 atom stereocenters. The second-order valence-electron chi connectivity index (χ2n) is 7.32. The number of hydrogen-bond acceptors (Lipinski definition) is 5. The van der Waals surface area contributed by atoms with E-state index in [0.717, 1.165) is 12.3 Å². The van der Waals surface area contributed by atoms with Crippen LogP contribution in [0.1, 0.15) is 30.1 Å². The van der Waals surface area contributed by atoms with Gasteiger partial charge in [0.25, 0.3) is 0 Å². The van der Waals surface area contributed by atoms with E-state index in [-0.39, 0.29) is 29.2 Å². The molecule has 2 aromatic rings. The molecule has 0 bridgehead atoms. The van der Waals surface area contributed by atoms with Gasteiger partial charge < -0.3 is 20.1 Å². The summed E-state index contributed by atoms with van der Waals surface area (Å²) in [6.45, 7) is 0.964. The van der Waals surface area contributed by atoms with E-state index in [1.807, 2.05) is 0 Å². The largest absolute Gasteiger partial charge is 0.497 e. The summed E-state index contributed by atoms with van der Waals surface area (Å²) in [5.74, 6) is 0.532. The average Bonchev–Trinajstić information content (AvgIpc) is 2.76. The second-order valence-corrected chi connectivity index (χ2v) is 7.73. The van der Waals surface area contributed by atoms with E-state index < -0.39 is 17.8 Å². The van der Waals surface area contributed by atoms with Crippen molar-refractivity contribution in [3.8, 4) is 5.75 Å². The molecule has 0 spiro atoms. The molecule has 0 saturated carbocycles. The highest BCUT2D eigenvalue weighted by molar-refractivity contribution is 6.33. The van der Waals surface area contributed by atoms with Crippen molar-refractivity contribution in [1.82, 2.24) is 10.3 Å². The Balaban J connectivity index is 1.50. The number of hydrogen-bond donors (Lipinski definition) is 2. The summed E-state index contributed by atoms with van der Waals surface area (Å²) in [5.41, 5.74) is -0.232. The smallest absolute Gasteiger partial charge is 0.417 e. The molecule has 3 rings (SSSR count). The van der Waals surface area contributed by atoms with Crippen LogP contribution >= 0.6 is 11.6 Å². The number of halogens is 4. The number of amides is 1. The average molecular weight is 458 g/mol. The molecule has 1 aromatic heterocycles. The van der Waals surface area contributed by atoms with Crippen molar-refractivity contribution < 1.29 is 27.8 Å². The topological polar surface area (TPSA) is 74.7 Å². The summed E-state index contributed by atoms with van der Waals surface area (Å²) < 4.78 is 43.4. The minimum Gasteiger partial charge on any atom is -0.497 e. The van der Waals surface area contributed by atoms with Crippen LogP contribution in [0.2, 0.25) is 5.02 Å². The van der Waals surface area contributed by atoms with Gasteiger partial charge in [0.15, 0.2) is 0 Å². The lowest BCUT2D eigenvalue weighted by Gasteiger charge is -2.32. The first kappa shape index (κ1) is 23.1. The summed E-state index contributed by atoms with van der Waals surface area (Å²) in [6.07, 6.45) is -3.57. The Hall–Kier alpha value is -2.52. The number of carbonyl (C=O) groups is 1. The summed E-state index contributed by atoms with van der Waals surface area (Å²) in [4.78, 5) is 18.1. The number of nitrogens with one attached hydrogen (secondary N) is 1. The van der Waals surface area contributed by atoms with Gasteiger partial charge in [0.05, 0.1) is 23.8 Å². The van der Waals surface area contributed by atoms with Gasteiger partial charge in [0.2, 0.25) is 5.91 Å². The third-order valence-electron chi connectivity index (χ3n) is 5.28. The lowest BCUT2D eigenvalue weighted by molar-refractivity contribution is -0.137. The molecule has 2 heterocycles. The maximum Gasteiger partial charge on any atom is 0.417 e. The van der Waals surface area contributed by atoms with E-state index in [4.69, 9.17) is 16.3 Å². The summed E-state index contributed by atoms with van der Waals surface area (Å²) in [5, 5.41) is 13.0. The minimum atomic E-state index is -4.50. The Morgan fingerprint density at radius 1 is 1.32 bits per heavy atom. The zero-order valence-corrected chi connectivity index (χ0v) is 17.6. The molecule has 1 amide bonds. The van der Waals surface area contributed by atoms with Crippen molar-refractivity contribution in [1.29, 1.82) is 0 Å². The monoisotopic (exact) mass is 457 g/mol. The van der Waals surface area contributed by atoms with Crippen molar-refractivity contribution in [2.75, 3.05) is 31.6 Å². The predicted octanol–water partition coefficient (Wildman–Crippen LogP) is 3.83. The van der Waals surface area contributed by atoms with Crippen LogP contribution < -0.4 is 15.0 Å². The number of aliphatic hydroxyl groups is 1. The number of anilines is 1. The number of aromatic nitrogens is 1. The van der Waals surface area contributed by atoms with Gasteiger partial charge in [0, 0.05) is 31.7 Å². The van der Waals surface area contributed by atoms with E-state index in [1.165, 1.54) is 0 Å². The number of methoxy groups -OCH3 is 1. The van der Waals surface area contributed by atoms with Crippen LogP contribution in [0, 0.1) is 5.92 Å². The third kappa shape index (κ3) is 5.80. The molecule has 1 aliphatic heterocycles. The molecule has 31 heavy (non-hydrogen) atoms. The number of nitrogens with zero attached hydrogens (tertiary/aromatic N) is 2. The highest BCUT2D eigenvalue weighted by Crippen LogP contribution is 2.34. The zero-order valence-electron chi connectivity index (χ0n) is 16.8. The standard InChI is InChI=1S/C21H23ClF3N3O3/c1-31-16-4-2-13(3-5-16)18(29)12-27-20(30)14-6-8-28(9-7-14)19-17(22)10-15(11-26-19)21(23,24)25/h2-5,10-11,14,18,29H,6-9,12H2,1H3,(H,27,30). The first-order valence-electron chi connectivity index (χ1n) is 9.76. The number of ether oxygens (including phenoxy) is 1. The van der Waals surface area contributed by atoms with Gasteiger partial charge in [-0.2, -0.15) is 13.2 Å². The number of benzene rings is 1.